The topological polar surface area (TPSA) is 314 Å². The number of aliphatic imine (C=N–C) groups is 1. The third-order valence-corrected chi connectivity index (χ3v) is 25.3. The number of carbonyl (C=O) groups excluding carboxylic acids is 3. The molecular formula is C64H87N5O12S2. The predicted molar refractivity (Wildman–Crippen MR) is 317 cm³/mol. The first-order valence-electron chi connectivity index (χ1n) is 30.5. The van der Waals surface area contributed by atoms with Crippen molar-refractivity contribution in [1.82, 2.24) is 10.3 Å². The Kier molecular flexibility index (Phi) is 17.2. The molecule has 452 valence electrons. The van der Waals surface area contributed by atoms with Crippen molar-refractivity contribution in [2.45, 2.75) is 152 Å². The molecule has 19 heteroatoms. The lowest BCUT2D eigenvalue weighted by molar-refractivity contribution is -0.194. The van der Waals surface area contributed by atoms with E-state index in [9.17, 15) is 50.4 Å². The molecule has 3 heterocycles. The fourth-order valence-electron chi connectivity index (χ4n) is 18.9. The first kappa shape index (κ1) is 60.3. The van der Waals surface area contributed by atoms with Crippen LogP contribution in [-0.2, 0) is 19.1 Å². The van der Waals surface area contributed by atoms with Crippen molar-refractivity contribution in [2.24, 2.45) is 98.3 Å². The number of Topliss-reactive ketones (excluding diaryl/α,β-unsaturated/α-hetero) is 2. The maximum absolute atomic E-state index is 16.2. The molecule has 22 atom stereocenters. The summed E-state index contributed by atoms with van der Waals surface area (Å²) in [5.74, 6) is 1.43. The number of phenolic OH excluding ortho intramolecular Hbond substituents is 1. The number of aromatic amines is 1. The molecule has 2 aliphatic heterocycles. The number of esters is 1. The van der Waals surface area contributed by atoms with Gasteiger partial charge in [-0.15, -0.1) is 5.92 Å². The van der Waals surface area contributed by atoms with Crippen LogP contribution in [0.2, 0.25) is 0 Å². The number of aliphatic hydroxyl groups is 7. The number of nitrogens with two attached hydrogens (primary N) is 2. The van der Waals surface area contributed by atoms with E-state index in [1.807, 2.05) is 19.2 Å². The number of aromatic nitrogens is 1. The molecule has 4 saturated carbocycles. The van der Waals surface area contributed by atoms with Crippen LogP contribution in [0, 0.1) is 93.7 Å². The number of hydrogen-bond donors (Lipinski definition) is 12. The van der Waals surface area contributed by atoms with Gasteiger partial charge in [-0.05, 0) is 159 Å². The van der Waals surface area contributed by atoms with E-state index in [0.29, 0.717) is 36.5 Å². The van der Waals surface area contributed by atoms with E-state index in [0.717, 1.165) is 30.4 Å². The summed E-state index contributed by atoms with van der Waals surface area (Å²) in [6, 6.07) is 7.22. The molecule has 83 heavy (non-hydrogen) atoms. The quantitative estimate of drug-likeness (QED) is 0.0403. The number of carbonyl (C=O) groups is 3. The Morgan fingerprint density at radius 2 is 1.69 bits per heavy atom. The highest BCUT2D eigenvalue weighted by Gasteiger charge is 2.75. The number of hydrogen-bond acceptors (Lipinski definition) is 16. The van der Waals surface area contributed by atoms with Crippen LogP contribution in [0.15, 0.2) is 70.6 Å². The Bertz CT molecular complexity index is 2900. The first-order chi connectivity index (χ1) is 39.6. The number of aliphatic hydroxyl groups excluding tert-OH is 5. The summed E-state index contributed by atoms with van der Waals surface area (Å²) in [5, 5.41) is 102. The monoisotopic (exact) mass is 1180 g/mol. The lowest BCUT2D eigenvalue weighted by Gasteiger charge is -2.63. The number of nitrogens with one attached hydrogen (secondary N) is 2. The van der Waals surface area contributed by atoms with Gasteiger partial charge in [0.2, 0.25) is 0 Å². The SMILES string of the molecule is C[C@@H]1CCC2=CC[C@H]3[C@H](CO)C[C@@H](O)[C@](C)(O)[C@H]4[C@@H](CC#C[C@H]([C@@H]5COC(=O)[C@@H]5c5cc[nH]c5)C[C@H]3[C@H]2C1)C[C@@]1(O)C2=C3N[C@H](CO)C(=O)C[C@@H](c5ccc(O)cc5)CSSC[C@@H]5[C@@H](O)[C@@H](O)C[C@@](C)([C@@H]5C3=O)[C@H]2CC[C@]41CCN=C(N)N. The highest BCUT2D eigenvalue weighted by Crippen LogP contribution is 2.73. The van der Waals surface area contributed by atoms with Crippen molar-refractivity contribution >= 4 is 45.1 Å². The molecular weight excluding hydrogens is 1090 g/mol. The second-order valence-electron chi connectivity index (χ2n) is 27.1. The number of nitrogens with zero attached hydrogens (tertiary/aromatic N) is 1. The average Bonchev–Trinajstić information content (AvgIpc) is 1.65. The molecule has 0 amide bonds. The largest absolute Gasteiger partial charge is 0.508 e. The molecule has 1 aromatic carbocycles. The molecule has 14 N–H and O–H groups in total. The third kappa shape index (κ3) is 10.6. The minimum absolute atomic E-state index is 0.00560. The van der Waals surface area contributed by atoms with Crippen LogP contribution in [0.4, 0.5) is 0 Å². The summed E-state index contributed by atoms with van der Waals surface area (Å²) in [4.78, 5) is 52.5. The number of allylic oxidation sites excluding steroid dienone is 3. The van der Waals surface area contributed by atoms with E-state index >= 15 is 4.79 Å². The number of H-pyrrole nitrogens is 1. The molecule has 2 bridgehead atoms. The van der Waals surface area contributed by atoms with E-state index in [1.54, 1.807) is 37.4 Å². The molecule has 0 radical (unpaired) electrons. The molecule has 11 rings (SSSR count). The van der Waals surface area contributed by atoms with Crippen molar-refractivity contribution in [3.05, 3.63) is 76.8 Å². The molecule has 6 fully saturated rings. The van der Waals surface area contributed by atoms with Gasteiger partial charge in [0.1, 0.15) is 11.8 Å². The van der Waals surface area contributed by atoms with Gasteiger partial charge >= 0.3 is 5.97 Å². The van der Waals surface area contributed by atoms with Gasteiger partial charge in [0.15, 0.2) is 17.5 Å². The van der Waals surface area contributed by atoms with Gasteiger partial charge in [-0.1, -0.05) is 65.1 Å². The van der Waals surface area contributed by atoms with Gasteiger partial charge in [-0.25, -0.2) is 0 Å². The van der Waals surface area contributed by atoms with Crippen molar-refractivity contribution < 1.29 is 60.0 Å². The van der Waals surface area contributed by atoms with Crippen LogP contribution in [0.5, 0.6) is 5.75 Å². The minimum Gasteiger partial charge on any atom is -0.508 e. The van der Waals surface area contributed by atoms with Gasteiger partial charge in [-0.3, -0.25) is 19.4 Å². The van der Waals surface area contributed by atoms with Gasteiger partial charge in [0.25, 0.3) is 0 Å². The average molecular weight is 1180 g/mol. The number of phenols is 1. The number of rotatable bonds is 8. The maximum Gasteiger partial charge on any atom is 0.313 e. The fraction of sp³-hybridized carbons (Fsp3) is 0.688. The lowest BCUT2D eigenvalue weighted by atomic mass is 9.43. The molecule has 0 unspecified atom stereocenters. The summed E-state index contributed by atoms with van der Waals surface area (Å²) < 4.78 is 5.93. The van der Waals surface area contributed by atoms with Gasteiger partial charge in [-0.2, -0.15) is 0 Å². The van der Waals surface area contributed by atoms with Crippen molar-refractivity contribution in [3.8, 4) is 17.6 Å². The van der Waals surface area contributed by atoms with E-state index in [4.69, 9.17) is 16.2 Å². The highest BCUT2D eigenvalue weighted by molar-refractivity contribution is 8.76. The van der Waals surface area contributed by atoms with E-state index in [-0.39, 0.29) is 135 Å². The summed E-state index contributed by atoms with van der Waals surface area (Å²) in [5.41, 5.74) is 8.97. The van der Waals surface area contributed by atoms with Gasteiger partial charge in [0.05, 0.1) is 54.3 Å². The number of fused-ring (bicyclic) bond motifs is 10. The number of ketones is 2. The number of cyclic esters (lactones) is 1. The highest BCUT2D eigenvalue weighted by atomic mass is 33.1. The first-order valence-corrected chi connectivity index (χ1v) is 33.0. The van der Waals surface area contributed by atoms with Crippen LogP contribution in [0.1, 0.15) is 127 Å². The molecule has 1 aromatic heterocycles. The van der Waals surface area contributed by atoms with Crippen LogP contribution < -0.4 is 16.8 Å². The smallest absolute Gasteiger partial charge is 0.313 e. The van der Waals surface area contributed by atoms with Gasteiger partial charge in [0, 0.05) is 90.8 Å². The van der Waals surface area contributed by atoms with E-state index < -0.39 is 100 Å². The van der Waals surface area contributed by atoms with Crippen LogP contribution in [0.3, 0.4) is 0 Å². The Morgan fingerprint density at radius 1 is 0.916 bits per heavy atom. The maximum atomic E-state index is 16.2. The van der Waals surface area contributed by atoms with E-state index in [2.05, 4.69) is 40.1 Å². The zero-order valence-corrected chi connectivity index (χ0v) is 49.7. The number of benzene rings is 1. The van der Waals surface area contributed by atoms with Crippen LogP contribution >= 0.6 is 21.6 Å². The van der Waals surface area contributed by atoms with Crippen molar-refractivity contribution in [1.29, 1.82) is 0 Å². The minimum atomic E-state index is -2.01. The molecule has 17 nitrogen and oxygen atoms in total. The standard InChI is InChI=1S/C64H87N5O12S2/c1-33-7-8-35-11-14-42-39(28-70)24-51(75)62(3,79)58-37(6-4-5-36(22-44(42)43(35)21-33)45-30-81-59(78)52(45)38-16-19-67-27-38)25-64(80)54-47(15-17-63(58,64)18-20-68-60(65)66)61(2)26-50(74)56(76)46-32-83-82-31-40(34-9-12-41(72)13-10-34)23-49(73)48(29-71)69-55(54)57(77)53(46)61/h9-13,16,19,27,33,36-37,39-40,42-48,50-53,56,58,67,69-72,74-76,79-80H,6-8,14-15,17-18,20-26,28-32H2,1-3H3,(H4,65,66,68)/t33-,36+,37+,39+,40-,42+,43+,44-,45+,46+,47+,48-,50+,51-,52-,53+,56-,58-,61-,62+,63+,64-/m1/s1. The fourth-order valence-corrected chi connectivity index (χ4v) is 21.6. The number of ether oxygens (including phenoxy) is 1. The van der Waals surface area contributed by atoms with Gasteiger partial charge < -0.3 is 67.4 Å². The Hall–Kier alpha value is -4.36. The van der Waals surface area contributed by atoms with Crippen LogP contribution in [-0.4, -0.2) is 143 Å². The Balaban J connectivity index is 1.09. The summed E-state index contributed by atoms with van der Waals surface area (Å²) in [6.07, 6.45) is 7.08. The van der Waals surface area contributed by atoms with Crippen molar-refractivity contribution in [2.75, 3.05) is 37.9 Å². The zero-order valence-electron chi connectivity index (χ0n) is 48.1. The summed E-state index contributed by atoms with van der Waals surface area (Å²) in [6.45, 7) is 5.09. The number of aromatic hydroxyl groups is 1. The predicted octanol–water partition coefficient (Wildman–Crippen LogP) is 5.22. The molecule has 2 saturated heterocycles. The van der Waals surface area contributed by atoms with Crippen molar-refractivity contribution in [3.63, 3.8) is 0 Å². The summed E-state index contributed by atoms with van der Waals surface area (Å²) in [7, 11) is 2.96. The second-order valence-corrected chi connectivity index (χ2v) is 29.7. The Labute approximate surface area is 495 Å². The molecule has 9 aliphatic rings. The van der Waals surface area contributed by atoms with Crippen LogP contribution in [0.25, 0.3) is 0 Å². The normalized spacial score (nSPS) is 43.8. The lowest BCUT2D eigenvalue weighted by Crippen LogP contribution is -2.67. The Morgan fingerprint density at radius 3 is 2.41 bits per heavy atom. The molecule has 2 aromatic rings. The zero-order chi connectivity index (χ0) is 58.9. The second kappa shape index (κ2) is 23.7. The molecule has 0 spiro atoms. The third-order valence-electron chi connectivity index (χ3n) is 22.7. The number of guanidine groups is 1. The van der Waals surface area contributed by atoms with E-state index in [1.165, 1.54) is 27.2 Å². The molecule has 7 aliphatic carbocycles. The summed E-state index contributed by atoms with van der Waals surface area (Å²) >= 11 is 0.